The largest absolute Gasteiger partial charge is 0.377 e. The lowest BCUT2D eigenvalue weighted by molar-refractivity contribution is -0.135. The summed E-state index contributed by atoms with van der Waals surface area (Å²) >= 11 is 0. The minimum Gasteiger partial charge on any atom is -0.377 e. The Morgan fingerprint density at radius 2 is 2.12 bits per heavy atom. The lowest BCUT2D eigenvalue weighted by Gasteiger charge is -2.51. The van der Waals surface area contributed by atoms with Crippen LogP contribution in [-0.2, 0) is 16.1 Å². The lowest BCUT2D eigenvalue weighted by atomic mass is 9.61. The van der Waals surface area contributed by atoms with Gasteiger partial charge >= 0.3 is 0 Å². The topological polar surface area (TPSA) is 56.1 Å². The quantitative estimate of drug-likeness (QED) is 0.902. The number of ether oxygens (including phenoxy) is 1. The predicted octanol–water partition coefficient (Wildman–Crippen LogP) is 2.37. The van der Waals surface area contributed by atoms with Crippen LogP contribution in [0.25, 0.3) is 0 Å². The summed E-state index contributed by atoms with van der Waals surface area (Å²) in [6.07, 6.45) is 12.6. The summed E-state index contributed by atoms with van der Waals surface area (Å²) in [5, 5.41) is 7.75. The molecule has 5 heteroatoms. The van der Waals surface area contributed by atoms with E-state index in [9.17, 15) is 4.79 Å². The summed E-state index contributed by atoms with van der Waals surface area (Å²) < 4.78 is 7.92. The third-order valence-electron chi connectivity index (χ3n) is 7.04. The van der Waals surface area contributed by atoms with Gasteiger partial charge < -0.3 is 10.1 Å². The number of nitrogens with one attached hydrogen (secondary N) is 1. The first-order chi connectivity index (χ1) is 11.8. The van der Waals surface area contributed by atoms with E-state index in [0.29, 0.717) is 24.0 Å². The molecule has 0 bridgehead atoms. The second kappa shape index (κ2) is 5.58. The van der Waals surface area contributed by atoms with E-state index < -0.39 is 0 Å². The molecule has 0 spiro atoms. The molecule has 1 N–H and O–H groups in total. The van der Waals surface area contributed by atoms with Crippen LogP contribution in [0.2, 0.25) is 0 Å². The summed E-state index contributed by atoms with van der Waals surface area (Å²) in [4.78, 5) is 13.0. The zero-order valence-electron chi connectivity index (χ0n) is 14.2. The van der Waals surface area contributed by atoms with E-state index in [1.54, 1.807) is 6.20 Å². The molecular weight excluding hydrogens is 302 g/mol. The standard InChI is InChI=1S/C19H27N3O2/c23-18(19(7-8-19)12-22-10-3-9-20-22)21-16-14-6-11-24-17(14)15(16)13-4-1-2-5-13/h3,9-10,13-17H,1-2,4-8,11-12H2,(H,21,23)/t14-,15+,16+,17-/m0/s1. The molecule has 5 rings (SSSR count). The molecule has 4 atom stereocenters. The molecule has 1 amide bonds. The van der Waals surface area contributed by atoms with E-state index in [1.807, 2.05) is 16.9 Å². The molecule has 4 fully saturated rings. The molecule has 0 unspecified atom stereocenters. The third kappa shape index (κ3) is 2.32. The van der Waals surface area contributed by atoms with Gasteiger partial charge in [-0.25, -0.2) is 0 Å². The van der Waals surface area contributed by atoms with E-state index >= 15 is 0 Å². The summed E-state index contributed by atoms with van der Waals surface area (Å²) in [5.74, 6) is 2.14. The number of hydrogen-bond acceptors (Lipinski definition) is 3. The second-order valence-electron chi connectivity index (χ2n) is 8.39. The molecule has 1 saturated heterocycles. The highest BCUT2D eigenvalue weighted by atomic mass is 16.5. The first kappa shape index (κ1) is 14.9. The highest BCUT2D eigenvalue weighted by Crippen LogP contribution is 2.53. The zero-order chi connectivity index (χ0) is 16.1. The number of hydrogen-bond donors (Lipinski definition) is 1. The van der Waals surface area contributed by atoms with Crippen LogP contribution < -0.4 is 5.32 Å². The van der Waals surface area contributed by atoms with Gasteiger partial charge in [-0.05, 0) is 31.2 Å². The highest BCUT2D eigenvalue weighted by molar-refractivity contribution is 5.85. The Balaban J connectivity index is 1.28. The average Bonchev–Trinajstić information content (AvgIpc) is 3.02. The number of nitrogens with zero attached hydrogens (tertiary/aromatic N) is 2. The number of amides is 1. The fraction of sp³-hybridized carbons (Fsp3) is 0.789. The highest BCUT2D eigenvalue weighted by Gasteiger charge is 2.59. The fourth-order valence-electron chi connectivity index (χ4n) is 5.48. The van der Waals surface area contributed by atoms with Crippen LogP contribution in [0, 0.1) is 23.2 Å². The zero-order valence-corrected chi connectivity index (χ0v) is 14.2. The van der Waals surface area contributed by atoms with Gasteiger partial charge in [0.15, 0.2) is 0 Å². The van der Waals surface area contributed by atoms with E-state index in [1.165, 1.54) is 25.7 Å². The summed E-state index contributed by atoms with van der Waals surface area (Å²) in [5.41, 5.74) is -0.212. The maximum atomic E-state index is 13.0. The van der Waals surface area contributed by atoms with Gasteiger partial charge in [0.2, 0.25) is 5.91 Å². The van der Waals surface area contributed by atoms with Crippen molar-refractivity contribution in [3.63, 3.8) is 0 Å². The van der Waals surface area contributed by atoms with Gasteiger partial charge in [-0.15, -0.1) is 0 Å². The van der Waals surface area contributed by atoms with Crippen LogP contribution in [0.5, 0.6) is 0 Å². The minimum atomic E-state index is -0.212. The van der Waals surface area contributed by atoms with Crippen molar-refractivity contribution in [2.24, 2.45) is 23.2 Å². The summed E-state index contributed by atoms with van der Waals surface area (Å²) in [7, 11) is 0. The van der Waals surface area contributed by atoms with Crippen molar-refractivity contribution in [2.45, 2.75) is 63.6 Å². The maximum absolute atomic E-state index is 13.0. The molecule has 130 valence electrons. The molecule has 1 aromatic rings. The fourth-order valence-corrected chi connectivity index (χ4v) is 5.48. The van der Waals surface area contributed by atoms with Crippen molar-refractivity contribution in [1.82, 2.24) is 15.1 Å². The van der Waals surface area contributed by atoms with Gasteiger partial charge in [0.1, 0.15) is 0 Å². The van der Waals surface area contributed by atoms with Crippen molar-refractivity contribution >= 4 is 5.91 Å². The van der Waals surface area contributed by atoms with E-state index in [0.717, 1.165) is 38.3 Å². The number of fused-ring (bicyclic) bond motifs is 1. The van der Waals surface area contributed by atoms with Gasteiger partial charge in [-0.3, -0.25) is 9.48 Å². The molecule has 0 radical (unpaired) electrons. The van der Waals surface area contributed by atoms with Crippen molar-refractivity contribution in [3.05, 3.63) is 18.5 Å². The second-order valence-corrected chi connectivity index (χ2v) is 8.39. The Labute approximate surface area is 143 Å². The van der Waals surface area contributed by atoms with Crippen LogP contribution in [0.3, 0.4) is 0 Å². The number of carbonyl (C=O) groups is 1. The van der Waals surface area contributed by atoms with Gasteiger partial charge in [0, 0.05) is 36.9 Å². The van der Waals surface area contributed by atoms with E-state index in [4.69, 9.17) is 4.74 Å². The lowest BCUT2D eigenvalue weighted by Crippen LogP contribution is -2.64. The molecule has 1 aromatic heterocycles. The van der Waals surface area contributed by atoms with Gasteiger partial charge in [0.25, 0.3) is 0 Å². The summed E-state index contributed by atoms with van der Waals surface area (Å²) in [6.45, 7) is 1.60. The Morgan fingerprint density at radius 1 is 1.29 bits per heavy atom. The minimum absolute atomic E-state index is 0.212. The number of rotatable bonds is 5. The summed E-state index contributed by atoms with van der Waals surface area (Å²) in [6, 6.07) is 2.28. The molecule has 1 aliphatic heterocycles. The van der Waals surface area contributed by atoms with Crippen molar-refractivity contribution in [3.8, 4) is 0 Å². The van der Waals surface area contributed by atoms with Gasteiger partial charge in [0.05, 0.1) is 18.1 Å². The van der Waals surface area contributed by atoms with Crippen LogP contribution in [0.4, 0.5) is 0 Å². The van der Waals surface area contributed by atoms with Gasteiger partial charge in [-0.1, -0.05) is 25.7 Å². The molecule has 24 heavy (non-hydrogen) atoms. The molecular formula is C19H27N3O2. The van der Waals surface area contributed by atoms with Crippen LogP contribution in [0.15, 0.2) is 18.5 Å². The molecule has 0 aromatic carbocycles. The van der Waals surface area contributed by atoms with Crippen LogP contribution in [-0.4, -0.2) is 34.4 Å². The third-order valence-corrected chi connectivity index (χ3v) is 7.04. The van der Waals surface area contributed by atoms with Crippen molar-refractivity contribution < 1.29 is 9.53 Å². The Morgan fingerprint density at radius 3 is 2.83 bits per heavy atom. The Kier molecular flexibility index (Phi) is 3.47. The SMILES string of the molecule is O=C(N[C@@H]1[C@@H]2CCO[C@@H]2[C@@H]1C1CCCC1)C1(Cn2cccn2)CC1. The Bertz CT molecular complexity index is 599. The van der Waals surface area contributed by atoms with Crippen molar-refractivity contribution in [1.29, 1.82) is 0 Å². The molecule has 5 nitrogen and oxygen atoms in total. The molecule has 3 aliphatic carbocycles. The monoisotopic (exact) mass is 329 g/mol. The molecule has 2 heterocycles. The first-order valence-corrected chi connectivity index (χ1v) is 9.67. The predicted molar refractivity (Wildman–Crippen MR) is 89.1 cm³/mol. The average molecular weight is 329 g/mol. The van der Waals surface area contributed by atoms with Gasteiger partial charge in [-0.2, -0.15) is 5.10 Å². The Hall–Kier alpha value is -1.36. The number of carbonyl (C=O) groups excluding carboxylic acids is 1. The van der Waals surface area contributed by atoms with Crippen molar-refractivity contribution in [2.75, 3.05) is 6.61 Å². The van der Waals surface area contributed by atoms with Crippen LogP contribution in [0.1, 0.15) is 44.9 Å². The normalized spacial score (nSPS) is 37.0. The van der Waals surface area contributed by atoms with E-state index in [-0.39, 0.29) is 11.3 Å². The molecule has 3 saturated carbocycles. The maximum Gasteiger partial charge on any atom is 0.228 e. The smallest absolute Gasteiger partial charge is 0.228 e. The number of aromatic nitrogens is 2. The first-order valence-electron chi connectivity index (χ1n) is 9.67. The molecule has 4 aliphatic rings. The van der Waals surface area contributed by atoms with E-state index in [2.05, 4.69) is 10.4 Å². The van der Waals surface area contributed by atoms with Crippen LogP contribution >= 0.6 is 0 Å².